The smallest absolute Gasteiger partial charge is 0.0371 e. The Bertz CT molecular complexity index is 341. The van der Waals surface area contributed by atoms with Gasteiger partial charge in [-0.3, -0.25) is 4.90 Å². The van der Waals surface area contributed by atoms with E-state index in [9.17, 15) is 0 Å². The van der Waals surface area contributed by atoms with Gasteiger partial charge in [0.25, 0.3) is 0 Å². The zero-order valence-electron chi connectivity index (χ0n) is 9.75. The first-order valence-electron chi connectivity index (χ1n) is 5.99. The van der Waals surface area contributed by atoms with Crippen molar-refractivity contribution in [1.82, 2.24) is 4.90 Å². The summed E-state index contributed by atoms with van der Waals surface area (Å²) in [6.07, 6.45) is 3.91. The average Bonchev–Trinajstić information content (AvgIpc) is 3.06. The van der Waals surface area contributed by atoms with Gasteiger partial charge < -0.3 is 5.73 Å². The van der Waals surface area contributed by atoms with E-state index in [1.165, 1.54) is 31.4 Å². The van der Waals surface area contributed by atoms with E-state index in [1.807, 2.05) is 12.1 Å². The minimum Gasteiger partial charge on any atom is -0.398 e. The first kappa shape index (κ1) is 11.9. The molecule has 2 N–H and O–H groups in total. The molecule has 0 heterocycles. The largest absolute Gasteiger partial charge is 0.398 e. The molecule has 0 atom stereocenters. The van der Waals surface area contributed by atoms with Crippen LogP contribution in [0.5, 0.6) is 0 Å². The Morgan fingerprint density at radius 1 is 1.44 bits per heavy atom. The van der Waals surface area contributed by atoms with Gasteiger partial charge in [-0.05, 0) is 37.9 Å². The molecule has 0 radical (unpaired) electrons. The van der Waals surface area contributed by atoms with Crippen molar-refractivity contribution in [1.29, 1.82) is 0 Å². The van der Waals surface area contributed by atoms with Crippen LogP contribution in [-0.4, -0.2) is 17.5 Å². The van der Waals surface area contributed by atoms with Crippen molar-refractivity contribution >= 4 is 21.6 Å². The van der Waals surface area contributed by atoms with Crippen molar-refractivity contribution in [3.05, 3.63) is 28.2 Å². The number of nitrogen functional groups attached to an aromatic ring is 1. The number of anilines is 1. The van der Waals surface area contributed by atoms with Crippen LogP contribution in [0.25, 0.3) is 0 Å². The molecule has 2 nitrogen and oxygen atoms in total. The Labute approximate surface area is 106 Å². The summed E-state index contributed by atoms with van der Waals surface area (Å²) in [5.41, 5.74) is 8.17. The van der Waals surface area contributed by atoms with Crippen molar-refractivity contribution in [3.8, 4) is 0 Å². The van der Waals surface area contributed by atoms with E-state index in [0.717, 1.165) is 22.7 Å². The second kappa shape index (κ2) is 5.19. The van der Waals surface area contributed by atoms with Crippen molar-refractivity contribution in [2.24, 2.45) is 0 Å². The Hall–Kier alpha value is -0.540. The van der Waals surface area contributed by atoms with Crippen molar-refractivity contribution in [2.75, 3.05) is 12.3 Å². The number of hydrogen-bond donors (Lipinski definition) is 1. The summed E-state index contributed by atoms with van der Waals surface area (Å²) in [6.45, 7) is 4.38. The summed E-state index contributed by atoms with van der Waals surface area (Å²) in [5.74, 6) is 0. The van der Waals surface area contributed by atoms with Crippen molar-refractivity contribution in [3.63, 3.8) is 0 Å². The summed E-state index contributed by atoms with van der Waals surface area (Å²) in [5, 5.41) is 0. The van der Waals surface area contributed by atoms with Crippen LogP contribution < -0.4 is 5.73 Å². The van der Waals surface area contributed by atoms with Crippen LogP contribution in [0.15, 0.2) is 22.7 Å². The second-order valence-corrected chi connectivity index (χ2v) is 5.36. The maximum atomic E-state index is 6.03. The molecule has 0 aliphatic heterocycles. The molecule has 0 aromatic heterocycles. The SMILES string of the molecule is CCCN(Cc1c(N)cccc1Br)C1CC1. The summed E-state index contributed by atoms with van der Waals surface area (Å²) in [6, 6.07) is 6.84. The van der Waals surface area contributed by atoms with Gasteiger partial charge in [-0.1, -0.05) is 28.9 Å². The lowest BCUT2D eigenvalue weighted by atomic mass is 10.1. The highest BCUT2D eigenvalue weighted by atomic mass is 79.9. The van der Waals surface area contributed by atoms with Crippen LogP contribution in [-0.2, 0) is 6.54 Å². The predicted octanol–water partition coefficient (Wildman–Crippen LogP) is 3.41. The van der Waals surface area contributed by atoms with Gasteiger partial charge in [-0.2, -0.15) is 0 Å². The standard InChI is InChI=1S/C13H19BrN2/c1-2-8-16(10-6-7-10)9-11-12(14)4-3-5-13(11)15/h3-5,10H,2,6-9,15H2,1H3. The second-order valence-electron chi connectivity index (χ2n) is 4.51. The number of hydrogen-bond acceptors (Lipinski definition) is 2. The lowest BCUT2D eigenvalue weighted by molar-refractivity contribution is 0.255. The molecule has 0 saturated heterocycles. The van der Waals surface area contributed by atoms with E-state index >= 15 is 0 Å². The van der Waals surface area contributed by atoms with Gasteiger partial charge in [0.1, 0.15) is 0 Å². The third kappa shape index (κ3) is 2.77. The normalized spacial score (nSPS) is 15.7. The summed E-state index contributed by atoms with van der Waals surface area (Å²) < 4.78 is 1.13. The number of halogens is 1. The minimum atomic E-state index is 0.798. The highest BCUT2D eigenvalue weighted by molar-refractivity contribution is 9.10. The van der Waals surface area contributed by atoms with Gasteiger partial charge in [0.15, 0.2) is 0 Å². The molecule has 0 amide bonds. The fraction of sp³-hybridized carbons (Fsp3) is 0.538. The summed E-state index contributed by atoms with van der Waals surface area (Å²) >= 11 is 3.59. The van der Waals surface area contributed by atoms with Gasteiger partial charge in [0.2, 0.25) is 0 Å². The fourth-order valence-electron chi connectivity index (χ4n) is 2.06. The van der Waals surface area contributed by atoms with E-state index in [4.69, 9.17) is 5.73 Å². The Balaban J connectivity index is 2.11. The molecule has 16 heavy (non-hydrogen) atoms. The Morgan fingerprint density at radius 3 is 2.75 bits per heavy atom. The minimum absolute atomic E-state index is 0.798. The highest BCUT2D eigenvalue weighted by Gasteiger charge is 2.28. The molecule has 3 heteroatoms. The van der Waals surface area contributed by atoms with Crippen LogP contribution in [0.3, 0.4) is 0 Å². The van der Waals surface area contributed by atoms with Crippen LogP contribution in [0.1, 0.15) is 31.7 Å². The van der Waals surface area contributed by atoms with Crippen LogP contribution in [0.4, 0.5) is 5.69 Å². The molecule has 88 valence electrons. The van der Waals surface area contributed by atoms with Crippen LogP contribution >= 0.6 is 15.9 Å². The molecule has 1 aromatic rings. The number of nitrogens with two attached hydrogens (primary N) is 1. The Morgan fingerprint density at radius 2 is 2.19 bits per heavy atom. The summed E-state index contributed by atoms with van der Waals surface area (Å²) in [4.78, 5) is 2.55. The molecule has 1 aromatic carbocycles. The fourth-order valence-corrected chi connectivity index (χ4v) is 2.57. The zero-order valence-corrected chi connectivity index (χ0v) is 11.3. The zero-order chi connectivity index (χ0) is 11.5. The van der Waals surface area contributed by atoms with Crippen molar-refractivity contribution in [2.45, 2.75) is 38.8 Å². The van der Waals surface area contributed by atoms with Crippen molar-refractivity contribution < 1.29 is 0 Å². The lowest BCUT2D eigenvalue weighted by Crippen LogP contribution is -2.26. The maximum absolute atomic E-state index is 6.03. The lowest BCUT2D eigenvalue weighted by Gasteiger charge is -2.22. The topological polar surface area (TPSA) is 29.3 Å². The molecule has 1 saturated carbocycles. The molecule has 0 spiro atoms. The Kier molecular flexibility index (Phi) is 3.87. The first-order valence-corrected chi connectivity index (χ1v) is 6.78. The van der Waals surface area contributed by atoms with E-state index in [-0.39, 0.29) is 0 Å². The van der Waals surface area contributed by atoms with Gasteiger partial charge in [0.05, 0.1) is 0 Å². The molecule has 2 rings (SSSR count). The van der Waals surface area contributed by atoms with E-state index in [0.29, 0.717) is 0 Å². The van der Waals surface area contributed by atoms with Gasteiger partial charge in [-0.25, -0.2) is 0 Å². The molecular formula is C13H19BrN2. The van der Waals surface area contributed by atoms with Crippen LogP contribution in [0.2, 0.25) is 0 Å². The molecule has 0 bridgehead atoms. The maximum Gasteiger partial charge on any atom is 0.0371 e. The number of nitrogens with zero attached hydrogens (tertiary/aromatic N) is 1. The number of rotatable bonds is 5. The highest BCUT2D eigenvalue weighted by Crippen LogP contribution is 2.31. The van der Waals surface area contributed by atoms with E-state index in [1.54, 1.807) is 0 Å². The third-order valence-corrected chi connectivity index (χ3v) is 3.83. The third-order valence-electron chi connectivity index (χ3n) is 3.09. The molecule has 0 unspecified atom stereocenters. The van der Waals surface area contributed by atoms with Gasteiger partial charge in [0, 0.05) is 28.3 Å². The summed E-state index contributed by atoms with van der Waals surface area (Å²) in [7, 11) is 0. The van der Waals surface area contributed by atoms with Gasteiger partial charge >= 0.3 is 0 Å². The molecular weight excluding hydrogens is 264 g/mol. The molecule has 1 aliphatic rings. The van der Waals surface area contributed by atoms with E-state index in [2.05, 4.69) is 33.8 Å². The number of benzene rings is 1. The van der Waals surface area contributed by atoms with E-state index < -0.39 is 0 Å². The molecule has 1 aliphatic carbocycles. The quantitative estimate of drug-likeness (QED) is 0.839. The predicted molar refractivity (Wildman–Crippen MR) is 72.3 cm³/mol. The van der Waals surface area contributed by atoms with Gasteiger partial charge in [-0.15, -0.1) is 0 Å². The molecule has 1 fully saturated rings. The average molecular weight is 283 g/mol. The monoisotopic (exact) mass is 282 g/mol. The first-order chi connectivity index (χ1) is 7.72. The van der Waals surface area contributed by atoms with Crippen LogP contribution in [0, 0.1) is 0 Å².